The second-order valence-electron chi connectivity index (χ2n) is 2.55. The third-order valence-corrected chi connectivity index (χ3v) is 1.42. The van der Waals surface area contributed by atoms with E-state index in [1.807, 2.05) is 0 Å². The van der Waals surface area contributed by atoms with Crippen molar-refractivity contribution in [2.24, 2.45) is 0 Å². The van der Waals surface area contributed by atoms with E-state index in [4.69, 9.17) is 4.74 Å². The first-order valence-corrected chi connectivity index (χ1v) is 4.21. The van der Waals surface area contributed by atoms with E-state index in [9.17, 15) is 9.59 Å². The monoisotopic (exact) mass is 201 g/mol. The molecule has 0 aliphatic carbocycles. The van der Waals surface area contributed by atoms with Gasteiger partial charge in [-0.3, -0.25) is 4.79 Å². The molecule has 0 aromatic carbocycles. The number of carbonyl (C=O) groups is 2. The maximum absolute atomic E-state index is 11.1. The Labute approximate surface area is 83.1 Å². The number of carbonyl (C=O) groups excluding carboxylic acids is 2. The highest BCUT2D eigenvalue weighted by Crippen LogP contribution is 1.94. The Balaban J connectivity index is 3.72. The van der Waals surface area contributed by atoms with E-state index in [2.05, 4.69) is 16.6 Å². The number of nitrogens with one attached hydrogen (secondary N) is 1. The van der Waals surface area contributed by atoms with Crippen molar-refractivity contribution < 1.29 is 19.1 Å². The Morgan fingerprint density at radius 1 is 1.57 bits per heavy atom. The molecular formula is C9H15NO4. The number of hydrogen-bond acceptors (Lipinski definition) is 4. The van der Waals surface area contributed by atoms with Gasteiger partial charge in [-0.25, -0.2) is 4.79 Å². The van der Waals surface area contributed by atoms with E-state index in [-0.39, 0.29) is 19.1 Å². The maximum atomic E-state index is 11.1. The van der Waals surface area contributed by atoms with Crippen molar-refractivity contribution in [2.45, 2.75) is 13.0 Å². The average molecular weight is 201 g/mol. The third kappa shape index (κ3) is 5.31. The van der Waals surface area contributed by atoms with Gasteiger partial charge in [0.15, 0.2) is 12.7 Å². The topological polar surface area (TPSA) is 64.6 Å². The average Bonchev–Trinajstić information content (AvgIpc) is 2.21. The predicted molar refractivity (Wildman–Crippen MR) is 50.6 cm³/mol. The van der Waals surface area contributed by atoms with Crippen molar-refractivity contribution in [3.05, 3.63) is 12.7 Å². The molecule has 0 aromatic rings. The van der Waals surface area contributed by atoms with Gasteiger partial charge >= 0.3 is 5.97 Å². The van der Waals surface area contributed by atoms with Crippen LogP contribution in [0.2, 0.25) is 0 Å². The first-order valence-electron chi connectivity index (χ1n) is 4.21. The zero-order chi connectivity index (χ0) is 11.0. The molecule has 0 aliphatic heterocycles. The van der Waals surface area contributed by atoms with Gasteiger partial charge in [0.2, 0.25) is 0 Å². The number of likely N-dealkylation sites (N-methyl/N-ethyl adjacent to an activating group) is 1. The highest BCUT2D eigenvalue weighted by atomic mass is 16.6. The van der Waals surface area contributed by atoms with E-state index in [0.29, 0.717) is 0 Å². The van der Waals surface area contributed by atoms with E-state index >= 15 is 0 Å². The largest absolute Gasteiger partial charge is 0.454 e. The summed E-state index contributed by atoms with van der Waals surface area (Å²) < 4.78 is 9.64. The van der Waals surface area contributed by atoms with Crippen molar-refractivity contribution in [3.8, 4) is 0 Å². The van der Waals surface area contributed by atoms with Crippen LogP contribution in [0.15, 0.2) is 12.7 Å². The molecule has 0 saturated heterocycles. The summed E-state index contributed by atoms with van der Waals surface area (Å²) in [4.78, 5) is 21.8. The summed E-state index contributed by atoms with van der Waals surface area (Å²) in [5, 5.41) is 2.33. The fraction of sp³-hybridized carbons (Fsp3) is 0.556. The van der Waals surface area contributed by atoms with Gasteiger partial charge in [-0.2, -0.15) is 0 Å². The van der Waals surface area contributed by atoms with Gasteiger partial charge in [0.25, 0.3) is 5.91 Å². The lowest BCUT2D eigenvalue weighted by molar-refractivity contribution is -0.158. The molecule has 0 saturated carbocycles. The molecule has 0 rings (SSSR count). The molecule has 1 N–H and O–H groups in total. The summed E-state index contributed by atoms with van der Waals surface area (Å²) in [6.45, 7) is 4.98. The van der Waals surface area contributed by atoms with Gasteiger partial charge < -0.3 is 14.8 Å². The number of ether oxygens (including phenoxy) is 2. The lowest BCUT2D eigenvalue weighted by atomic mass is 10.4. The van der Waals surface area contributed by atoms with Crippen LogP contribution in [0, 0.1) is 0 Å². The molecule has 1 unspecified atom stereocenters. The Kier molecular flexibility index (Phi) is 6.39. The molecule has 0 bridgehead atoms. The predicted octanol–water partition coefficient (Wildman–Crippen LogP) is -0.133. The van der Waals surface area contributed by atoms with Gasteiger partial charge in [-0.15, -0.1) is 6.58 Å². The molecule has 0 aliphatic rings. The van der Waals surface area contributed by atoms with Crippen molar-refractivity contribution in [3.63, 3.8) is 0 Å². The van der Waals surface area contributed by atoms with E-state index in [0.717, 1.165) is 0 Å². The molecule has 1 atom stereocenters. The number of amides is 1. The summed E-state index contributed by atoms with van der Waals surface area (Å²) in [5.74, 6) is -0.912. The molecule has 0 aromatic heterocycles. The zero-order valence-corrected chi connectivity index (χ0v) is 8.41. The molecular weight excluding hydrogens is 186 g/mol. The van der Waals surface area contributed by atoms with Gasteiger partial charge in [0, 0.05) is 7.05 Å². The molecule has 5 nitrogen and oxygen atoms in total. The molecule has 14 heavy (non-hydrogen) atoms. The standard InChI is InChI=1S/C9H15NO4/c1-4-5-13-7(2)9(12)14-6-8(11)10-3/h4,7H,1,5-6H2,2-3H3,(H,10,11). The number of esters is 1. The smallest absolute Gasteiger partial charge is 0.335 e. The number of rotatable bonds is 6. The van der Waals surface area contributed by atoms with Crippen molar-refractivity contribution >= 4 is 11.9 Å². The fourth-order valence-electron chi connectivity index (χ4n) is 0.607. The van der Waals surface area contributed by atoms with Gasteiger partial charge in [0.1, 0.15) is 0 Å². The van der Waals surface area contributed by atoms with Crippen LogP contribution in [0.5, 0.6) is 0 Å². The Morgan fingerprint density at radius 2 is 2.21 bits per heavy atom. The van der Waals surface area contributed by atoms with Crippen molar-refractivity contribution in [1.82, 2.24) is 5.32 Å². The lowest BCUT2D eigenvalue weighted by Gasteiger charge is -2.10. The summed E-state index contributed by atoms with van der Waals surface area (Å²) in [5.41, 5.74) is 0. The molecule has 1 amide bonds. The first-order chi connectivity index (χ1) is 6.61. The Bertz CT molecular complexity index is 215. The minimum atomic E-state index is -0.683. The van der Waals surface area contributed by atoms with Crippen LogP contribution in [0.1, 0.15) is 6.92 Å². The minimum Gasteiger partial charge on any atom is -0.454 e. The van der Waals surface area contributed by atoms with Crippen LogP contribution in [-0.2, 0) is 19.1 Å². The van der Waals surface area contributed by atoms with Crippen LogP contribution in [-0.4, -0.2) is 38.2 Å². The zero-order valence-electron chi connectivity index (χ0n) is 8.41. The molecule has 0 heterocycles. The van der Waals surface area contributed by atoms with E-state index in [1.54, 1.807) is 6.92 Å². The molecule has 5 heteroatoms. The van der Waals surface area contributed by atoms with E-state index in [1.165, 1.54) is 13.1 Å². The Hall–Kier alpha value is -1.36. The summed E-state index contributed by atoms with van der Waals surface area (Å²) in [6.07, 6.45) is 0.848. The maximum Gasteiger partial charge on any atom is 0.335 e. The van der Waals surface area contributed by atoms with Crippen LogP contribution in [0.4, 0.5) is 0 Å². The van der Waals surface area contributed by atoms with Crippen molar-refractivity contribution in [2.75, 3.05) is 20.3 Å². The Morgan fingerprint density at radius 3 is 2.71 bits per heavy atom. The summed E-state index contributed by atoms with van der Waals surface area (Å²) in [6, 6.07) is 0. The minimum absolute atomic E-state index is 0.274. The summed E-state index contributed by atoms with van der Waals surface area (Å²) in [7, 11) is 1.47. The van der Waals surface area contributed by atoms with Crippen molar-refractivity contribution in [1.29, 1.82) is 0 Å². The second-order valence-corrected chi connectivity index (χ2v) is 2.55. The first kappa shape index (κ1) is 12.6. The molecule has 0 radical (unpaired) electrons. The van der Waals surface area contributed by atoms with Gasteiger partial charge in [0.05, 0.1) is 6.61 Å². The highest BCUT2D eigenvalue weighted by Gasteiger charge is 2.15. The normalized spacial score (nSPS) is 11.6. The van der Waals surface area contributed by atoms with Crippen LogP contribution in [0.25, 0.3) is 0 Å². The third-order valence-electron chi connectivity index (χ3n) is 1.42. The molecule has 80 valence electrons. The second kappa shape index (κ2) is 7.08. The molecule has 0 spiro atoms. The van der Waals surface area contributed by atoms with Crippen LogP contribution < -0.4 is 5.32 Å². The fourth-order valence-corrected chi connectivity index (χ4v) is 0.607. The molecule has 0 fully saturated rings. The van der Waals surface area contributed by atoms with Gasteiger partial charge in [-0.1, -0.05) is 6.08 Å². The van der Waals surface area contributed by atoms with E-state index < -0.39 is 12.1 Å². The van der Waals surface area contributed by atoms with Crippen LogP contribution in [0.3, 0.4) is 0 Å². The SMILES string of the molecule is C=CCOC(C)C(=O)OCC(=O)NC. The quantitative estimate of drug-likeness (QED) is 0.480. The summed E-state index contributed by atoms with van der Waals surface area (Å²) >= 11 is 0. The van der Waals surface area contributed by atoms with Crippen LogP contribution >= 0.6 is 0 Å². The lowest BCUT2D eigenvalue weighted by Crippen LogP contribution is -2.29. The van der Waals surface area contributed by atoms with Gasteiger partial charge in [-0.05, 0) is 6.92 Å². The highest BCUT2D eigenvalue weighted by molar-refractivity contribution is 5.81. The number of hydrogen-bond donors (Lipinski definition) is 1.